The van der Waals surface area contributed by atoms with Crippen LogP contribution in [0.5, 0.6) is 0 Å². The molecule has 118 valence electrons. The van der Waals surface area contributed by atoms with Gasteiger partial charge in [-0.1, -0.05) is 6.07 Å². The van der Waals surface area contributed by atoms with E-state index in [1.807, 2.05) is 20.8 Å². The smallest absolute Gasteiger partial charge is 0.250 e. The van der Waals surface area contributed by atoms with Gasteiger partial charge < -0.3 is 10.1 Å². The lowest BCUT2D eigenvalue weighted by atomic mass is 10.2. The maximum Gasteiger partial charge on any atom is 0.250 e. The zero-order valence-electron chi connectivity index (χ0n) is 13.0. The molecule has 0 saturated carbocycles. The van der Waals surface area contributed by atoms with Gasteiger partial charge in [0.2, 0.25) is 15.9 Å². The number of rotatable bonds is 5. The van der Waals surface area contributed by atoms with E-state index in [4.69, 9.17) is 4.74 Å². The van der Waals surface area contributed by atoms with Crippen molar-refractivity contribution in [1.29, 1.82) is 0 Å². The van der Waals surface area contributed by atoms with Crippen LogP contribution in [0.3, 0.4) is 0 Å². The first kappa shape index (κ1) is 17.6. The average molecular weight is 314 g/mol. The molecular formula is C14H22N2O4S. The van der Waals surface area contributed by atoms with Crippen LogP contribution in [0.15, 0.2) is 23.1 Å². The Morgan fingerprint density at radius 1 is 1.29 bits per heavy atom. The molecule has 1 aromatic carbocycles. The molecule has 0 aliphatic carbocycles. The predicted molar refractivity (Wildman–Crippen MR) is 81.8 cm³/mol. The quantitative estimate of drug-likeness (QED) is 0.865. The number of anilines is 1. The lowest BCUT2D eigenvalue weighted by Gasteiger charge is -2.19. The fourth-order valence-electron chi connectivity index (χ4n) is 1.49. The normalized spacial score (nSPS) is 12.2. The van der Waals surface area contributed by atoms with Crippen LogP contribution in [0, 0.1) is 6.92 Å². The molecule has 0 heterocycles. The van der Waals surface area contributed by atoms with Crippen molar-refractivity contribution in [3.05, 3.63) is 23.8 Å². The number of carbonyl (C=O) groups is 1. The predicted octanol–water partition coefficient (Wildman–Crippen LogP) is 1.66. The van der Waals surface area contributed by atoms with E-state index in [9.17, 15) is 13.2 Å². The highest BCUT2D eigenvalue weighted by atomic mass is 32.2. The van der Waals surface area contributed by atoms with Crippen LogP contribution >= 0.6 is 0 Å². The molecule has 0 unspecified atom stereocenters. The SMILES string of the molecule is CNS(=O)(=O)c1ccc(C)c(NC(=O)COC(C)(C)C)c1. The molecule has 0 radical (unpaired) electrons. The second-order valence-corrected chi connectivity index (χ2v) is 7.52. The van der Waals surface area contributed by atoms with Crippen molar-refractivity contribution in [2.24, 2.45) is 0 Å². The minimum absolute atomic E-state index is 0.0913. The van der Waals surface area contributed by atoms with Crippen LogP contribution in [0.1, 0.15) is 26.3 Å². The monoisotopic (exact) mass is 314 g/mol. The summed E-state index contributed by atoms with van der Waals surface area (Å²) in [5.74, 6) is -0.327. The minimum atomic E-state index is -3.54. The summed E-state index contributed by atoms with van der Waals surface area (Å²) in [6.45, 7) is 7.25. The molecule has 0 aromatic heterocycles. The van der Waals surface area contributed by atoms with Crippen molar-refractivity contribution in [2.45, 2.75) is 38.2 Å². The Hall–Kier alpha value is -1.44. The summed E-state index contributed by atoms with van der Waals surface area (Å²) in [7, 11) is -2.20. The van der Waals surface area contributed by atoms with E-state index in [0.717, 1.165) is 5.56 Å². The van der Waals surface area contributed by atoms with Gasteiger partial charge in [-0.05, 0) is 52.4 Å². The maximum atomic E-state index is 11.8. The van der Waals surface area contributed by atoms with Gasteiger partial charge in [-0.15, -0.1) is 0 Å². The van der Waals surface area contributed by atoms with Crippen molar-refractivity contribution in [2.75, 3.05) is 19.0 Å². The molecule has 0 fully saturated rings. The second-order valence-electron chi connectivity index (χ2n) is 5.63. The summed E-state index contributed by atoms with van der Waals surface area (Å²) >= 11 is 0. The number of aryl methyl sites for hydroxylation is 1. The third-order valence-corrected chi connectivity index (χ3v) is 4.11. The number of ether oxygens (including phenoxy) is 1. The first-order valence-electron chi connectivity index (χ1n) is 6.53. The largest absolute Gasteiger partial charge is 0.366 e. The molecule has 1 aromatic rings. The van der Waals surface area contributed by atoms with Crippen LogP contribution < -0.4 is 10.0 Å². The molecule has 0 atom stereocenters. The van der Waals surface area contributed by atoms with Gasteiger partial charge in [0.05, 0.1) is 10.5 Å². The Kier molecular flexibility index (Phi) is 5.49. The van der Waals surface area contributed by atoms with Gasteiger partial charge in [-0.2, -0.15) is 0 Å². The van der Waals surface area contributed by atoms with E-state index in [1.165, 1.54) is 19.2 Å². The molecule has 0 aliphatic rings. The molecule has 0 spiro atoms. The zero-order chi connectivity index (χ0) is 16.3. The summed E-state index contributed by atoms with van der Waals surface area (Å²) in [5, 5.41) is 2.66. The third kappa shape index (κ3) is 5.45. The van der Waals surface area contributed by atoms with E-state index in [2.05, 4.69) is 10.0 Å². The van der Waals surface area contributed by atoms with Gasteiger partial charge in [-0.25, -0.2) is 13.1 Å². The van der Waals surface area contributed by atoms with E-state index in [0.29, 0.717) is 5.69 Å². The highest BCUT2D eigenvalue weighted by Crippen LogP contribution is 2.20. The lowest BCUT2D eigenvalue weighted by molar-refractivity contribution is -0.125. The van der Waals surface area contributed by atoms with Gasteiger partial charge in [0, 0.05) is 5.69 Å². The number of hydrogen-bond donors (Lipinski definition) is 2. The first-order chi connectivity index (χ1) is 9.55. The maximum absolute atomic E-state index is 11.8. The van der Waals surface area contributed by atoms with Crippen LogP contribution in [0.25, 0.3) is 0 Å². The number of hydrogen-bond acceptors (Lipinski definition) is 4. The van der Waals surface area contributed by atoms with E-state index in [-0.39, 0.29) is 17.4 Å². The summed E-state index contributed by atoms with van der Waals surface area (Å²) in [4.78, 5) is 11.9. The van der Waals surface area contributed by atoms with Gasteiger partial charge in [0.15, 0.2) is 0 Å². The van der Waals surface area contributed by atoms with Gasteiger partial charge in [0.25, 0.3) is 0 Å². The zero-order valence-corrected chi connectivity index (χ0v) is 13.8. The van der Waals surface area contributed by atoms with Crippen LogP contribution in [0.4, 0.5) is 5.69 Å². The van der Waals surface area contributed by atoms with Crippen LogP contribution in [0.2, 0.25) is 0 Å². The number of nitrogens with one attached hydrogen (secondary N) is 2. The Morgan fingerprint density at radius 3 is 2.43 bits per heavy atom. The topological polar surface area (TPSA) is 84.5 Å². The van der Waals surface area contributed by atoms with Crippen molar-refractivity contribution in [1.82, 2.24) is 4.72 Å². The summed E-state index contributed by atoms with van der Waals surface area (Å²) in [6, 6.07) is 4.56. The number of sulfonamides is 1. The molecule has 21 heavy (non-hydrogen) atoms. The second kappa shape index (κ2) is 6.55. The molecule has 0 saturated heterocycles. The molecule has 1 amide bonds. The van der Waals surface area contributed by atoms with Crippen molar-refractivity contribution >= 4 is 21.6 Å². The summed E-state index contributed by atoms with van der Waals surface area (Å²) < 4.78 is 31.1. The first-order valence-corrected chi connectivity index (χ1v) is 8.01. The molecular weight excluding hydrogens is 292 g/mol. The number of amides is 1. The van der Waals surface area contributed by atoms with E-state index >= 15 is 0 Å². The van der Waals surface area contributed by atoms with Crippen LogP contribution in [-0.2, 0) is 19.6 Å². The number of benzene rings is 1. The Morgan fingerprint density at radius 2 is 1.90 bits per heavy atom. The van der Waals surface area contributed by atoms with E-state index < -0.39 is 15.6 Å². The minimum Gasteiger partial charge on any atom is -0.366 e. The highest BCUT2D eigenvalue weighted by molar-refractivity contribution is 7.89. The van der Waals surface area contributed by atoms with Crippen molar-refractivity contribution in [3.63, 3.8) is 0 Å². The van der Waals surface area contributed by atoms with Gasteiger partial charge in [0.1, 0.15) is 6.61 Å². The van der Waals surface area contributed by atoms with Crippen molar-refractivity contribution in [3.8, 4) is 0 Å². The molecule has 0 bridgehead atoms. The fraction of sp³-hybridized carbons (Fsp3) is 0.500. The van der Waals surface area contributed by atoms with E-state index in [1.54, 1.807) is 13.0 Å². The standard InChI is InChI=1S/C14H22N2O4S/c1-10-6-7-11(21(18,19)15-5)8-12(10)16-13(17)9-20-14(2,3)4/h6-8,15H,9H2,1-5H3,(H,16,17). The Labute approximate surface area is 125 Å². The third-order valence-electron chi connectivity index (χ3n) is 2.70. The van der Waals surface area contributed by atoms with Gasteiger partial charge in [-0.3, -0.25) is 4.79 Å². The molecule has 7 heteroatoms. The van der Waals surface area contributed by atoms with Crippen molar-refractivity contribution < 1.29 is 17.9 Å². The Bertz CT molecular complexity index is 618. The van der Waals surface area contributed by atoms with Crippen LogP contribution in [-0.4, -0.2) is 33.6 Å². The summed E-state index contributed by atoms with van der Waals surface area (Å²) in [6.07, 6.45) is 0. The molecule has 1 rings (SSSR count). The van der Waals surface area contributed by atoms with Gasteiger partial charge >= 0.3 is 0 Å². The molecule has 2 N–H and O–H groups in total. The molecule has 6 nitrogen and oxygen atoms in total. The fourth-order valence-corrected chi connectivity index (χ4v) is 2.25. The summed E-state index contributed by atoms with van der Waals surface area (Å²) in [5.41, 5.74) is 0.812. The highest BCUT2D eigenvalue weighted by Gasteiger charge is 2.16. The lowest BCUT2D eigenvalue weighted by Crippen LogP contribution is -2.27. The Balaban J connectivity index is 2.89. The average Bonchev–Trinajstić information content (AvgIpc) is 2.38. The number of carbonyl (C=O) groups excluding carboxylic acids is 1. The molecule has 0 aliphatic heterocycles.